The number of urea groups is 1. The van der Waals surface area contributed by atoms with Crippen molar-refractivity contribution in [1.29, 1.82) is 0 Å². The number of imide groups is 1. The Morgan fingerprint density at radius 3 is 2.61 bits per heavy atom. The van der Waals surface area contributed by atoms with Gasteiger partial charge in [-0.2, -0.15) is 0 Å². The minimum Gasteiger partial charge on any atom is -0.334 e. The fraction of sp³-hybridized carbons (Fsp3) is 0.346. The minimum atomic E-state index is -0.345. The predicted molar refractivity (Wildman–Crippen MR) is 122 cm³/mol. The number of aromatic nitrogens is 1. The third-order valence-corrected chi connectivity index (χ3v) is 6.85. The first-order chi connectivity index (χ1) is 15.0. The molecule has 3 amide bonds. The molecule has 3 atom stereocenters. The fourth-order valence-electron chi connectivity index (χ4n) is 5.31. The van der Waals surface area contributed by atoms with Gasteiger partial charge in [-0.05, 0) is 42.2 Å². The van der Waals surface area contributed by atoms with Crippen LogP contribution in [0.4, 0.5) is 10.5 Å². The molecule has 1 N–H and O–H groups in total. The molecular weight excluding hydrogens is 386 g/mol. The van der Waals surface area contributed by atoms with Crippen LogP contribution in [0.1, 0.15) is 56.1 Å². The van der Waals surface area contributed by atoms with Crippen molar-refractivity contribution in [1.82, 2.24) is 10.3 Å². The Morgan fingerprint density at radius 2 is 1.77 bits per heavy atom. The summed E-state index contributed by atoms with van der Waals surface area (Å²) in [5.74, 6) is 0.506. The molecule has 31 heavy (non-hydrogen) atoms. The maximum absolute atomic E-state index is 13.5. The van der Waals surface area contributed by atoms with E-state index in [1.807, 2.05) is 24.3 Å². The number of anilines is 1. The van der Waals surface area contributed by atoms with Gasteiger partial charge < -0.3 is 5.32 Å². The molecule has 2 aliphatic rings. The lowest BCUT2D eigenvalue weighted by Gasteiger charge is -2.43. The summed E-state index contributed by atoms with van der Waals surface area (Å²) in [7, 11) is 0. The van der Waals surface area contributed by atoms with Gasteiger partial charge in [0.15, 0.2) is 0 Å². The van der Waals surface area contributed by atoms with Crippen LogP contribution in [0.5, 0.6) is 0 Å². The number of fused-ring (bicyclic) bond motifs is 2. The van der Waals surface area contributed by atoms with Crippen LogP contribution in [0.25, 0.3) is 10.8 Å². The van der Waals surface area contributed by atoms with E-state index in [9.17, 15) is 9.59 Å². The number of hydrogen-bond acceptors (Lipinski definition) is 3. The molecule has 158 valence electrons. The third kappa shape index (κ3) is 3.38. The van der Waals surface area contributed by atoms with E-state index in [4.69, 9.17) is 0 Å². The van der Waals surface area contributed by atoms with Gasteiger partial charge >= 0.3 is 6.03 Å². The molecule has 1 aliphatic heterocycles. The van der Waals surface area contributed by atoms with Crippen LogP contribution in [0.3, 0.4) is 0 Å². The summed E-state index contributed by atoms with van der Waals surface area (Å²) < 4.78 is 0. The number of nitrogens with one attached hydrogen (secondary N) is 1. The van der Waals surface area contributed by atoms with Gasteiger partial charge in [0.1, 0.15) is 0 Å². The summed E-state index contributed by atoms with van der Waals surface area (Å²) in [6.45, 7) is 4.43. The molecule has 1 aromatic heterocycles. The SMILES string of the molecule is CC(C)c1ccccc1C1CCC2C(=O)N(c3cncc4ccccc34)C(=O)NC2C1. The van der Waals surface area contributed by atoms with Gasteiger partial charge in [0.25, 0.3) is 0 Å². The highest BCUT2D eigenvalue weighted by Gasteiger charge is 2.45. The molecule has 2 fully saturated rings. The Kier molecular flexibility index (Phi) is 4.97. The summed E-state index contributed by atoms with van der Waals surface area (Å²) >= 11 is 0. The Hall–Kier alpha value is -3.21. The van der Waals surface area contributed by atoms with Crippen molar-refractivity contribution in [3.8, 4) is 0 Å². The van der Waals surface area contributed by atoms with Crippen LogP contribution in [0.2, 0.25) is 0 Å². The van der Waals surface area contributed by atoms with E-state index in [-0.39, 0.29) is 23.9 Å². The number of carbonyl (C=O) groups excluding carboxylic acids is 2. The summed E-state index contributed by atoms with van der Waals surface area (Å²) in [6, 6.07) is 15.8. The Morgan fingerprint density at radius 1 is 1.00 bits per heavy atom. The van der Waals surface area contributed by atoms with E-state index in [2.05, 4.69) is 48.4 Å². The van der Waals surface area contributed by atoms with Crippen LogP contribution in [0.15, 0.2) is 60.9 Å². The number of benzene rings is 2. The topological polar surface area (TPSA) is 62.3 Å². The van der Waals surface area contributed by atoms with Crippen molar-refractivity contribution in [2.45, 2.75) is 51.0 Å². The van der Waals surface area contributed by atoms with Crippen LogP contribution in [-0.2, 0) is 4.79 Å². The molecule has 0 bridgehead atoms. The van der Waals surface area contributed by atoms with Crippen molar-refractivity contribution in [2.75, 3.05) is 4.90 Å². The second-order valence-electron chi connectivity index (χ2n) is 9.01. The third-order valence-electron chi connectivity index (χ3n) is 6.85. The summed E-state index contributed by atoms with van der Waals surface area (Å²) in [6.07, 6.45) is 5.90. The lowest BCUT2D eigenvalue weighted by Crippen LogP contribution is -2.61. The maximum atomic E-state index is 13.5. The van der Waals surface area contributed by atoms with Crippen molar-refractivity contribution < 1.29 is 9.59 Å². The van der Waals surface area contributed by atoms with Crippen molar-refractivity contribution >= 4 is 28.4 Å². The van der Waals surface area contributed by atoms with E-state index in [1.165, 1.54) is 16.0 Å². The van der Waals surface area contributed by atoms with E-state index < -0.39 is 0 Å². The summed E-state index contributed by atoms with van der Waals surface area (Å²) in [5, 5.41) is 4.92. The second kappa shape index (κ2) is 7.80. The van der Waals surface area contributed by atoms with Crippen molar-refractivity contribution in [3.63, 3.8) is 0 Å². The van der Waals surface area contributed by atoms with E-state index in [1.54, 1.807) is 12.4 Å². The molecule has 2 aromatic carbocycles. The molecule has 0 radical (unpaired) electrons. The summed E-state index contributed by atoms with van der Waals surface area (Å²) in [4.78, 5) is 32.1. The van der Waals surface area contributed by atoms with Gasteiger partial charge in [-0.15, -0.1) is 0 Å². The number of nitrogens with zero attached hydrogens (tertiary/aromatic N) is 2. The van der Waals surface area contributed by atoms with E-state index in [0.29, 0.717) is 17.5 Å². The maximum Gasteiger partial charge on any atom is 0.329 e. The molecule has 5 nitrogen and oxygen atoms in total. The molecule has 1 saturated carbocycles. The monoisotopic (exact) mass is 413 g/mol. The van der Waals surface area contributed by atoms with Crippen LogP contribution < -0.4 is 10.2 Å². The van der Waals surface area contributed by atoms with Gasteiger partial charge in [-0.25, -0.2) is 9.69 Å². The Balaban J connectivity index is 1.43. The Labute approximate surface area is 182 Å². The average molecular weight is 414 g/mol. The van der Waals surface area contributed by atoms with Gasteiger partial charge in [0, 0.05) is 23.0 Å². The first kappa shape index (κ1) is 19.7. The number of rotatable bonds is 3. The number of amides is 3. The number of pyridine rings is 1. The standard InChI is InChI=1S/C26H27N3O2/c1-16(2)19-8-5-6-9-20(19)17-11-12-22-23(13-17)28-26(31)29(25(22)30)24-15-27-14-18-7-3-4-10-21(18)24/h3-10,14-17,22-23H,11-13H2,1-2H3,(H,28,31). The second-order valence-corrected chi connectivity index (χ2v) is 9.01. The molecule has 1 aliphatic carbocycles. The van der Waals surface area contributed by atoms with Gasteiger partial charge in [-0.1, -0.05) is 62.4 Å². The fourth-order valence-corrected chi connectivity index (χ4v) is 5.31. The summed E-state index contributed by atoms with van der Waals surface area (Å²) in [5.41, 5.74) is 3.28. The van der Waals surface area contributed by atoms with Gasteiger partial charge in [0.05, 0.1) is 17.8 Å². The molecule has 5 rings (SSSR count). The van der Waals surface area contributed by atoms with Crippen molar-refractivity contribution in [3.05, 3.63) is 72.1 Å². The number of hydrogen-bond donors (Lipinski definition) is 1. The van der Waals surface area contributed by atoms with E-state index >= 15 is 0 Å². The largest absolute Gasteiger partial charge is 0.334 e. The molecule has 3 unspecified atom stereocenters. The number of carbonyl (C=O) groups is 2. The molecule has 0 spiro atoms. The zero-order chi connectivity index (χ0) is 21.5. The lowest BCUT2D eigenvalue weighted by atomic mass is 9.72. The van der Waals surface area contributed by atoms with Gasteiger partial charge in [0.2, 0.25) is 5.91 Å². The molecular formula is C26H27N3O2. The zero-order valence-electron chi connectivity index (χ0n) is 17.9. The average Bonchev–Trinajstić information content (AvgIpc) is 2.79. The van der Waals surface area contributed by atoms with Crippen molar-refractivity contribution in [2.24, 2.45) is 5.92 Å². The lowest BCUT2D eigenvalue weighted by molar-refractivity contribution is -0.124. The van der Waals surface area contributed by atoms with Crippen LogP contribution in [-0.4, -0.2) is 23.0 Å². The highest BCUT2D eigenvalue weighted by molar-refractivity contribution is 6.20. The first-order valence-corrected chi connectivity index (χ1v) is 11.1. The molecule has 5 heteroatoms. The minimum absolute atomic E-state index is 0.109. The smallest absolute Gasteiger partial charge is 0.329 e. The molecule has 1 saturated heterocycles. The van der Waals surface area contributed by atoms with Crippen LogP contribution >= 0.6 is 0 Å². The molecule has 2 heterocycles. The zero-order valence-corrected chi connectivity index (χ0v) is 17.9. The Bertz CT molecular complexity index is 1150. The highest BCUT2D eigenvalue weighted by Crippen LogP contribution is 2.42. The normalized spacial score (nSPS) is 23.7. The van der Waals surface area contributed by atoms with E-state index in [0.717, 1.165) is 30.0 Å². The highest BCUT2D eigenvalue weighted by atomic mass is 16.2. The molecule has 3 aromatic rings. The van der Waals surface area contributed by atoms with Gasteiger partial charge in [-0.3, -0.25) is 9.78 Å². The van der Waals surface area contributed by atoms with Crippen LogP contribution in [0, 0.1) is 5.92 Å². The quantitative estimate of drug-likeness (QED) is 0.628. The first-order valence-electron chi connectivity index (χ1n) is 11.1. The predicted octanol–water partition coefficient (Wildman–Crippen LogP) is 5.37.